The quantitative estimate of drug-likeness (QED) is 0.912. The van der Waals surface area contributed by atoms with Crippen LogP contribution in [0.2, 0.25) is 0 Å². The summed E-state index contributed by atoms with van der Waals surface area (Å²) >= 11 is 1.78. The average molecular weight is 317 g/mol. The van der Waals surface area contributed by atoms with Crippen LogP contribution in [0.25, 0.3) is 0 Å². The molecule has 2 aromatic rings. The predicted octanol–water partition coefficient (Wildman–Crippen LogP) is 3.79. The lowest BCUT2D eigenvalue weighted by Crippen LogP contribution is -2.43. The van der Waals surface area contributed by atoms with Crippen LogP contribution in [-0.2, 0) is 6.42 Å². The Morgan fingerprint density at radius 1 is 1.27 bits per heavy atom. The van der Waals surface area contributed by atoms with Crippen molar-refractivity contribution in [3.05, 3.63) is 52.0 Å². The van der Waals surface area contributed by atoms with Gasteiger partial charge in [0.15, 0.2) is 0 Å². The first-order valence-corrected chi connectivity index (χ1v) is 8.27. The Morgan fingerprint density at radius 3 is 2.55 bits per heavy atom. The number of hydrogen-bond donors (Lipinski definition) is 1. The van der Waals surface area contributed by atoms with Crippen LogP contribution in [0, 0.1) is 6.92 Å². The van der Waals surface area contributed by atoms with Crippen molar-refractivity contribution in [1.82, 2.24) is 15.2 Å². The number of nitrogens with one attached hydrogen (secondary N) is 1. The fourth-order valence-electron chi connectivity index (χ4n) is 2.30. The molecule has 0 aliphatic heterocycles. The highest BCUT2D eigenvalue weighted by atomic mass is 32.1. The molecule has 2 heterocycles. The number of aromatic nitrogens is 1. The van der Waals surface area contributed by atoms with Crippen LogP contribution in [0.5, 0.6) is 0 Å². The number of amides is 2. The molecular weight excluding hydrogens is 294 g/mol. The fraction of sp³-hybridized carbons (Fsp3) is 0.412. The number of rotatable bonds is 5. The minimum atomic E-state index is -0.0508. The van der Waals surface area contributed by atoms with Gasteiger partial charge in [0.2, 0.25) is 0 Å². The zero-order valence-corrected chi connectivity index (χ0v) is 14.4. The van der Waals surface area contributed by atoms with E-state index in [0.717, 1.165) is 12.0 Å². The van der Waals surface area contributed by atoms with Gasteiger partial charge in [-0.15, -0.1) is 11.3 Å². The molecule has 4 nitrogen and oxygen atoms in total. The second-order valence-corrected chi connectivity index (χ2v) is 7.01. The molecule has 0 aliphatic rings. The second-order valence-electron chi connectivity index (χ2n) is 5.63. The van der Waals surface area contributed by atoms with Crippen LogP contribution in [0.3, 0.4) is 0 Å². The summed E-state index contributed by atoms with van der Waals surface area (Å²) in [5.74, 6) is 0. The van der Waals surface area contributed by atoms with Crippen LogP contribution in [0.15, 0.2) is 36.7 Å². The molecular formula is C17H23N3OS. The number of nitrogens with zero attached hydrogens (tertiary/aromatic N) is 2. The van der Waals surface area contributed by atoms with Crippen molar-refractivity contribution in [2.45, 2.75) is 39.3 Å². The summed E-state index contributed by atoms with van der Waals surface area (Å²) in [5.41, 5.74) is 1.08. The molecule has 0 aliphatic carbocycles. The van der Waals surface area contributed by atoms with Gasteiger partial charge in [0.05, 0.1) is 6.04 Å². The van der Waals surface area contributed by atoms with E-state index in [-0.39, 0.29) is 18.1 Å². The molecule has 0 saturated carbocycles. The third kappa shape index (κ3) is 4.31. The molecule has 118 valence electrons. The first-order valence-electron chi connectivity index (χ1n) is 7.46. The van der Waals surface area contributed by atoms with Gasteiger partial charge in [-0.3, -0.25) is 4.98 Å². The Morgan fingerprint density at radius 2 is 1.95 bits per heavy atom. The summed E-state index contributed by atoms with van der Waals surface area (Å²) in [4.78, 5) is 20.7. The van der Waals surface area contributed by atoms with Gasteiger partial charge in [-0.25, -0.2) is 4.79 Å². The van der Waals surface area contributed by atoms with E-state index in [4.69, 9.17) is 0 Å². The molecule has 0 saturated heterocycles. The van der Waals surface area contributed by atoms with Crippen LogP contribution < -0.4 is 5.32 Å². The van der Waals surface area contributed by atoms with Crippen molar-refractivity contribution in [2.24, 2.45) is 0 Å². The molecule has 0 aromatic carbocycles. The van der Waals surface area contributed by atoms with E-state index in [1.54, 1.807) is 28.6 Å². The van der Waals surface area contributed by atoms with Crippen LogP contribution in [0.4, 0.5) is 4.79 Å². The SMILES string of the molecule is Cc1ccc(C[C@@H](C)NC(=O)N(C)[C@@H](C)c2ccncc2)s1. The van der Waals surface area contributed by atoms with E-state index in [2.05, 4.69) is 29.4 Å². The number of carbonyl (C=O) groups is 1. The van der Waals surface area contributed by atoms with Gasteiger partial charge in [-0.1, -0.05) is 0 Å². The molecule has 0 bridgehead atoms. The average Bonchev–Trinajstić information content (AvgIpc) is 2.91. The highest BCUT2D eigenvalue weighted by Gasteiger charge is 2.19. The van der Waals surface area contributed by atoms with Crippen molar-refractivity contribution < 1.29 is 4.79 Å². The first kappa shape index (κ1) is 16.5. The molecule has 0 radical (unpaired) electrons. The lowest BCUT2D eigenvalue weighted by atomic mass is 10.1. The van der Waals surface area contributed by atoms with E-state index in [9.17, 15) is 4.79 Å². The standard InChI is InChI=1S/C17H23N3OS/c1-12(11-16-6-5-13(2)22-16)19-17(21)20(4)14(3)15-7-9-18-10-8-15/h5-10,12,14H,11H2,1-4H3,(H,19,21)/t12-,14+/m1/s1. The van der Waals surface area contributed by atoms with Crippen molar-refractivity contribution >= 4 is 17.4 Å². The smallest absolute Gasteiger partial charge is 0.317 e. The van der Waals surface area contributed by atoms with Crippen molar-refractivity contribution in [1.29, 1.82) is 0 Å². The number of pyridine rings is 1. The van der Waals surface area contributed by atoms with Crippen LogP contribution in [0.1, 0.15) is 35.2 Å². The molecule has 0 unspecified atom stereocenters. The fourth-order valence-corrected chi connectivity index (χ4v) is 3.32. The Labute approximate surface area is 136 Å². The van der Waals surface area contributed by atoms with Gasteiger partial charge in [-0.2, -0.15) is 0 Å². The maximum absolute atomic E-state index is 12.4. The highest BCUT2D eigenvalue weighted by molar-refractivity contribution is 7.11. The second kappa shape index (κ2) is 7.40. The number of hydrogen-bond acceptors (Lipinski definition) is 3. The Bertz CT molecular complexity index is 611. The highest BCUT2D eigenvalue weighted by Crippen LogP contribution is 2.19. The van der Waals surface area contributed by atoms with E-state index in [1.807, 2.05) is 33.0 Å². The van der Waals surface area contributed by atoms with Gasteiger partial charge < -0.3 is 10.2 Å². The van der Waals surface area contributed by atoms with E-state index in [0.29, 0.717) is 0 Å². The minimum Gasteiger partial charge on any atom is -0.335 e. The summed E-state index contributed by atoms with van der Waals surface area (Å²) in [7, 11) is 1.82. The van der Waals surface area contributed by atoms with Crippen molar-refractivity contribution in [3.63, 3.8) is 0 Å². The van der Waals surface area contributed by atoms with Crippen LogP contribution in [-0.4, -0.2) is 29.0 Å². The molecule has 1 N–H and O–H groups in total. The summed E-state index contributed by atoms with van der Waals surface area (Å²) in [5, 5.41) is 3.07. The molecule has 0 fully saturated rings. The molecule has 22 heavy (non-hydrogen) atoms. The normalized spacial score (nSPS) is 13.5. The molecule has 2 amide bonds. The third-order valence-electron chi connectivity index (χ3n) is 3.76. The Kier molecular flexibility index (Phi) is 5.55. The van der Waals surface area contributed by atoms with Gasteiger partial charge in [0, 0.05) is 41.7 Å². The minimum absolute atomic E-state index is 0.0131. The largest absolute Gasteiger partial charge is 0.335 e. The first-order chi connectivity index (χ1) is 10.5. The Hall–Kier alpha value is -1.88. The molecule has 0 spiro atoms. The van der Waals surface area contributed by atoms with E-state index in [1.165, 1.54) is 9.75 Å². The van der Waals surface area contributed by atoms with E-state index >= 15 is 0 Å². The molecule has 2 rings (SSSR count). The topological polar surface area (TPSA) is 45.2 Å². The van der Waals surface area contributed by atoms with Crippen molar-refractivity contribution in [3.8, 4) is 0 Å². The molecule has 2 atom stereocenters. The Balaban J connectivity index is 1.90. The number of aryl methyl sites for hydroxylation is 1. The van der Waals surface area contributed by atoms with Gasteiger partial charge in [0.1, 0.15) is 0 Å². The zero-order chi connectivity index (χ0) is 16.1. The van der Waals surface area contributed by atoms with Gasteiger partial charge >= 0.3 is 6.03 Å². The predicted molar refractivity (Wildman–Crippen MR) is 91.2 cm³/mol. The van der Waals surface area contributed by atoms with Gasteiger partial charge in [-0.05, 0) is 50.6 Å². The van der Waals surface area contributed by atoms with Crippen LogP contribution >= 0.6 is 11.3 Å². The number of thiophene rings is 1. The molecule has 5 heteroatoms. The monoisotopic (exact) mass is 317 g/mol. The number of carbonyl (C=O) groups excluding carboxylic acids is 1. The summed E-state index contributed by atoms with van der Waals surface area (Å²) in [6.45, 7) is 6.15. The third-order valence-corrected chi connectivity index (χ3v) is 4.79. The number of urea groups is 1. The lowest BCUT2D eigenvalue weighted by molar-refractivity contribution is 0.191. The van der Waals surface area contributed by atoms with Gasteiger partial charge in [0.25, 0.3) is 0 Å². The van der Waals surface area contributed by atoms with E-state index < -0.39 is 0 Å². The maximum atomic E-state index is 12.4. The maximum Gasteiger partial charge on any atom is 0.317 e. The summed E-state index contributed by atoms with van der Waals surface area (Å²) < 4.78 is 0. The summed E-state index contributed by atoms with van der Waals surface area (Å²) in [6.07, 6.45) is 4.36. The van der Waals surface area contributed by atoms with Crippen molar-refractivity contribution in [2.75, 3.05) is 7.05 Å². The lowest BCUT2D eigenvalue weighted by Gasteiger charge is -2.27. The summed E-state index contributed by atoms with van der Waals surface area (Å²) in [6, 6.07) is 8.19. The zero-order valence-electron chi connectivity index (χ0n) is 13.5. The molecule has 2 aromatic heterocycles.